The molecular weight excluding hydrogens is 296 g/mol. The number of aliphatic hydroxyl groups is 1. The number of nitrogens with one attached hydrogen (secondary N) is 1. The molecule has 112 valence electrons. The average molecular weight is 313 g/mol. The predicted octanol–water partition coefficient (Wildman–Crippen LogP) is 3.71. The Bertz CT molecular complexity index is 761. The van der Waals surface area contributed by atoms with Crippen molar-refractivity contribution in [3.05, 3.63) is 76.9 Å². The Morgan fingerprint density at radius 2 is 1.77 bits per heavy atom. The number of para-hydroxylation sites is 1. The van der Waals surface area contributed by atoms with Crippen LogP contribution in [-0.2, 0) is 6.54 Å². The van der Waals surface area contributed by atoms with Gasteiger partial charge in [0, 0.05) is 24.0 Å². The fraction of sp³-hybridized carbons (Fsp3) is 0.167. The number of rotatable bonds is 5. The lowest BCUT2D eigenvalue weighted by Crippen LogP contribution is -2.21. The highest BCUT2D eigenvalue weighted by Crippen LogP contribution is 2.20. The van der Waals surface area contributed by atoms with Gasteiger partial charge < -0.3 is 10.4 Å². The van der Waals surface area contributed by atoms with Gasteiger partial charge in [-0.25, -0.2) is 4.98 Å². The predicted molar refractivity (Wildman–Crippen MR) is 89.9 cm³/mol. The lowest BCUT2D eigenvalue weighted by Gasteiger charge is -2.13. The molecule has 0 spiro atoms. The minimum absolute atomic E-state index is 0.465. The number of hydrogen-bond acceptors (Lipinski definition) is 3. The molecule has 1 unspecified atom stereocenters. The maximum Gasteiger partial charge on any atom is 0.134 e. The van der Waals surface area contributed by atoms with Gasteiger partial charge in [0.1, 0.15) is 5.15 Å². The topological polar surface area (TPSA) is 45.1 Å². The van der Waals surface area contributed by atoms with Crippen LogP contribution in [0.4, 0.5) is 0 Å². The van der Waals surface area contributed by atoms with Crippen LogP contribution in [0.15, 0.2) is 60.7 Å². The molecule has 2 N–H and O–H groups in total. The van der Waals surface area contributed by atoms with Crippen LogP contribution >= 0.6 is 11.6 Å². The fourth-order valence-electron chi connectivity index (χ4n) is 2.40. The quantitative estimate of drug-likeness (QED) is 0.706. The summed E-state index contributed by atoms with van der Waals surface area (Å²) in [6, 6.07) is 19.5. The molecule has 0 aliphatic rings. The molecule has 4 heteroatoms. The normalized spacial score (nSPS) is 12.5. The van der Waals surface area contributed by atoms with Gasteiger partial charge in [-0.1, -0.05) is 60.1 Å². The maximum atomic E-state index is 10.1. The summed E-state index contributed by atoms with van der Waals surface area (Å²) in [4.78, 5) is 4.39. The number of benzene rings is 2. The molecule has 1 atom stereocenters. The maximum absolute atomic E-state index is 10.1. The first-order valence-electron chi connectivity index (χ1n) is 7.22. The van der Waals surface area contributed by atoms with E-state index in [1.165, 1.54) is 0 Å². The van der Waals surface area contributed by atoms with Crippen molar-refractivity contribution in [3.63, 3.8) is 0 Å². The van der Waals surface area contributed by atoms with Gasteiger partial charge >= 0.3 is 0 Å². The van der Waals surface area contributed by atoms with Gasteiger partial charge in [0.15, 0.2) is 0 Å². The lowest BCUT2D eigenvalue weighted by molar-refractivity contribution is 0.174. The van der Waals surface area contributed by atoms with Crippen LogP contribution in [-0.4, -0.2) is 16.6 Å². The Kier molecular flexibility index (Phi) is 4.68. The summed E-state index contributed by atoms with van der Waals surface area (Å²) in [5.41, 5.74) is 2.72. The van der Waals surface area contributed by atoms with Crippen LogP contribution in [0, 0.1) is 0 Å². The van der Waals surface area contributed by atoms with Gasteiger partial charge in [0.2, 0.25) is 0 Å². The van der Waals surface area contributed by atoms with Crippen molar-refractivity contribution < 1.29 is 5.11 Å². The SMILES string of the molecule is OC(CNCc1cc2ccccc2nc1Cl)c1ccccc1. The second kappa shape index (κ2) is 6.88. The van der Waals surface area contributed by atoms with E-state index in [9.17, 15) is 5.11 Å². The molecule has 3 nitrogen and oxygen atoms in total. The standard InChI is InChI=1S/C18H17ClN2O/c19-18-15(10-14-8-4-5-9-16(14)21-18)11-20-12-17(22)13-6-2-1-3-7-13/h1-10,17,20,22H,11-12H2. The highest BCUT2D eigenvalue weighted by Gasteiger charge is 2.08. The summed E-state index contributed by atoms with van der Waals surface area (Å²) in [7, 11) is 0. The summed E-state index contributed by atoms with van der Waals surface area (Å²) >= 11 is 6.22. The first-order chi connectivity index (χ1) is 10.7. The Labute approximate surface area is 134 Å². The molecule has 0 saturated heterocycles. The molecule has 22 heavy (non-hydrogen) atoms. The van der Waals surface area contributed by atoms with E-state index in [4.69, 9.17) is 11.6 Å². The zero-order valence-electron chi connectivity index (χ0n) is 12.0. The highest BCUT2D eigenvalue weighted by molar-refractivity contribution is 6.30. The number of halogens is 1. The van der Waals surface area contributed by atoms with Crippen molar-refractivity contribution in [2.45, 2.75) is 12.6 Å². The third-order valence-corrected chi connectivity index (χ3v) is 3.91. The number of aromatic nitrogens is 1. The van der Waals surface area contributed by atoms with E-state index in [2.05, 4.69) is 10.3 Å². The first-order valence-corrected chi connectivity index (χ1v) is 7.60. The summed E-state index contributed by atoms with van der Waals surface area (Å²) in [5, 5.41) is 14.9. The molecule has 3 aromatic rings. The molecule has 0 fully saturated rings. The number of pyridine rings is 1. The van der Waals surface area contributed by atoms with Crippen LogP contribution in [0.5, 0.6) is 0 Å². The number of nitrogens with zero attached hydrogens (tertiary/aromatic N) is 1. The minimum atomic E-state index is -0.534. The smallest absolute Gasteiger partial charge is 0.134 e. The summed E-state index contributed by atoms with van der Waals surface area (Å²) in [5.74, 6) is 0. The number of fused-ring (bicyclic) bond motifs is 1. The van der Waals surface area contributed by atoms with E-state index in [-0.39, 0.29) is 0 Å². The van der Waals surface area contributed by atoms with Crippen LogP contribution in [0.3, 0.4) is 0 Å². The van der Waals surface area contributed by atoms with Crippen LogP contribution < -0.4 is 5.32 Å². The largest absolute Gasteiger partial charge is 0.387 e. The molecule has 0 aliphatic heterocycles. The minimum Gasteiger partial charge on any atom is -0.387 e. The van der Waals surface area contributed by atoms with Crippen molar-refractivity contribution in [2.75, 3.05) is 6.54 Å². The Balaban J connectivity index is 1.65. The molecule has 2 aromatic carbocycles. The van der Waals surface area contributed by atoms with Crippen molar-refractivity contribution in [2.24, 2.45) is 0 Å². The van der Waals surface area contributed by atoms with Gasteiger partial charge in [-0.15, -0.1) is 0 Å². The molecule has 3 rings (SSSR count). The monoisotopic (exact) mass is 312 g/mol. The number of aliphatic hydroxyl groups excluding tert-OH is 1. The molecule has 1 aromatic heterocycles. The fourth-order valence-corrected chi connectivity index (χ4v) is 2.61. The van der Waals surface area contributed by atoms with Crippen LogP contribution in [0.25, 0.3) is 10.9 Å². The molecule has 0 radical (unpaired) electrons. The van der Waals surface area contributed by atoms with E-state index >= 15 is 0 Å². The molecular formula is C18H17ClN2O. The average Bonchev–Trinajstić information content (AvgIpc) is 2.56. The Hall–Kier alpha value is -1.94. The molecule has 0 bridgehead atoms. The van der Waals surface area contributed by atoms with Crippen molar-refractivity contribution in [1.29, 1.82) is 0 Å². The zero-order chi connectivity index (χ0) is 15.4. The van der Waals surface area contributed by atoms with Gasteiger partial charge in [-0.05, 0) is 17.7 Å². The third kappa shape index (κ3) is 3.45. The Morgan fingerprint density at radius 1 is 1.05 bits per heavy atom. The summed E-state index contributed by atoms with van der Waals surface area (Å²) in [6.07, 6.45) is -0.534. The van der Waals surface area contributed by atoms with Crippen molar-refractivity contribution in [1.82, 2.24) is 10.3 Å². The van der Waals surface area contributed by atoms with E-state index < -0.39 is 6.10 Å². The third-order valence-electron chi connectivity index (χ3n) is 3.59. The molecule has 0 aliphatic carbocycles. The van der Waals surface area contributed by atoms with Gasteiger partial charge in [-0.3, -0.25) is 0 Å². The van der Waals surface area contributed by atoms with Crippen molar-refractivity contribution in [3.8, 4) is 0 Å². The highest BCUT2D eigenvalue weighted by atomic mass is 35.5. The van der Waals surface area contributed by atoms with Crippen LogP contribution in [0.2, 0.25) is 5.15 Å². The molecule has 0 amide bonds. The van der Waals surface area contributed by atoms with Gasteiger partial charge in [-0.2, -0.15) is 0 Å². The lowest BCUT2D eigenvalue weighted by atomic mass is 10.1. The van der Waals surface area contributed by atoms with Crippen molar-refractivity contribution >= 4 is 22.5 Å². The summed E-state index contributed by atoms with van der Waals surface area (Å²) < 4.78 is 0. The molecule has 0 saturated carbocycles. The van der Waals surface area contributed by atoms with Gasteiger partial charge in [0.25, 0.3) is 0 Å². The van der Waals surface area contributed by atoms with E-state index in [0.29, 0.717) is 18.2 Å². The van der Waals surface area contributed by atoms with E-state index in [1.54, 1.807) is 0 Å². The summed E-state index contributed by atoms with van der Waals surface area (Å²) in [6.45, 7) is 1.04. The Morgan fingerprint density at radius 3 is 2.59 bits per heavy atom. The second-order valence-corrected chi connectivity index (χ2v) is 5.55. The molecule has 1 heterocycles. The zero-order valence-corrected chi connectivity index (χ0v) is 12.8. The van der Waals surface area contributed by atoms with E-state index in [1.807, 2.05) is 60.7 Å². The second-order valence-electron chi connectivity index (χ2n) is 5.19. The van der Waals surface area contributed by atoms with E-state index in [0.717, 1.165) is 22.0 Å². The van der Waals surface area contributed by atoms with Gasteiger partial charge in [0.05, 0.1) is 11.6 Å². The first kappa shape index (κ1) is 15.0. The van der Waals surface area contributed by atoms with Crippen LogP contribution in [0.1, 0.15) is 17.2 Å². The number of hydrogen-bond donors (Lipinski definition) is 2.